The van der Waals surface area contributed by atoms with Crippen molar-refractivity contribution in [2.75, 3.05) is 12.3 Å². The van der Waals surface area contributed by atoms with E-state index in [0.717, 1.165) is 11.4 Å². The molecule has 0 bridgehead atoms. The first-order valence-corrected chi connectivity index (χ1v) is 9.79. The van der Waals surface area contributed by atoms with Crippen molar-refractivity contribution in [1.29, 1.82) is 0 Å². The molecule has 3 aromatic rings. The van der Waals surface area contributed by atoms with Crippen LogP contribution in [0.15, 0.2) is 59.8 Å². The van der Waals surface area contributed by atoms with Gasteiger partial charge in [0.1, 0.15) is 5.82 Å². The summed E-state index contributed by atoms with van der Waals surface area (Å²) in [6.07, 6.45) is 0.465. The van der Waals surface area contributed by atoms with Crippen LogP contribution in [0.4, 0.5) is 4.39 Å². The predicted molar refractivity (Wildman–Crippen MR) is 105 cm³/mol. The molecule has 0 saturated carbocycles. The van der Waals surface area contributed by atoms with Crippen molar-refractivity contribution >= 4 is 17.7 Å². The second-order valence-corrected chi connectivity index (χ2v) is 6.84. The lowest BCUT2D eigenvalue weighted by Crippen LogP contribution is -2.27. The molecule has 0 unspecified atom stereocenters. The molecular formula is C20H21FN4OS. The molecule has 3 rings (SSSR count). The molecule has 5 nitrogen and oxygen atoms in total. The van der Waals surface area contributed by atoms with Crippen molar-refractivity contribution in [3.8, 4) is 11.4 Å². The molecule has 1 N–H and O–H groups in total. The number of halogens is 1. The van der Waals surface area contributed by atoms with Gasteiger partial charge in [-0.1, -0.05) is 60.3 Å². The topological polar surface area (TPSA) is 59.8 Å². The van der Waals surface area contributed by atoms with E-state index in [1.165, 1.54) is 17.8 Å². The molecule has 0 fully saturated rings. The molecule has 0 aliphatic carbocycles. The van der Waals surface area contributed by atoms with Crippen LogP contribution in [-0.2, 0) is 17.8 Å². The number of hydrogen-bond acceptors (Lipinski definition) is 4. The molecule has 0 radical (unpaired) electrons. The van der Waals surface area contributed by atoms with Gasteiger partial charge in [-0.3, -0.25) is 4.79 Å². The van der Waals surface area contributed by atoms with Gasteiger partial charge in [0.25, 0.3) is 0 Å². The summed E-state index contributed by atoms with van der Waals surface area (Å²) in [6.45, 7) is 3.14. The summed E-state index contributed by atoms with van der Waals surface area (Å²) in [4.78, 5) is 12.1. The Labute approximate surface area is 162 Å². The van der Waals surface area contributed by atoms with Crippen LogP contribution in [0, 0.1) is 5.82 Å². The normalized spacial score (nSPS) is 10.7. The van der Waals surface area contributed by atoms with Gasteiger partial charge < -0.3 is 9.88 Å². The maximum atomic E-state index is 13.6. The number of amides is 1. The fourth-order valence-electron chi connectivity index (χ4n) is 2.70. The first-order valence-electron chi connectivity index (χ1n) is 8.80. The Kier molecular flexibility index (Phi) is 6.59. The van der Waals surface area contributed by atoms with Crippen molar-refractivity contribution in [3.05, 3.63) is 66.0 Å². The number of nitrogens with one attached hydrogen (secondary N) is 1. The van der Waals surface area contributed by atoms with E-state index in [4.69, 9.17) is 0 Å². The molecule has 0 atom stereocenters. The number of carbonyl (C=O) groups is 1. The zero-order valence-corrected chi connectivity index (χ0v) is 15.9. The SMILES string of the molecule is CCn1c(SCC(=O)NCCc2ccccc2F)nnc1-c1ccccc1. The van der Waals surface area contributed by atoms with Crippen LogP contribution >= 0.6 is 11.8 Å². The van der Waals surface area contributed by atoms with E-state index in [9.17, 15) is 9.18 Å². The van der Waals surface area contributed by atoms with E-state index in [-0.39, 0.29) is 17.5 Å². The van der Waals surface area contributed by atoms with Crippen LogP contribution in [0.25, 0.3) is 11.4 Å². The first kappa shape index (κ1) is 19.1. The second-order valence-electron chi connectivity index (χ2n) is 5.90. The van der Waals surface area contributed by atoms with Crippen molar-refractivity contribution in [2.24, 2.45) is 0 Å². The van der Waals surface area contributed by atoms with Gasteiger partial charge in [-0.15, -0.1) is 10.2 Å². The highest BCUT2D eigenvalue weighted by Crippen LogP contribution is 2.23. The van der Waals surface area contributed by atoms with E-state index >= 15 is 0 Å². The van der Waals surface area contributed by atoms with Crippen molar-refractivity contribution in [2.45, 2.75) is 25.0 Å². The van der Waals surface area contributed by atoms with Crippen molar-refractivity contribution in [1.82, 2.24) is 20.1 Å². The molecule has 27 heavy (non-hydrogen) atoms. The summed E-state index contributed by atoms with van der Waals surface area (Å²) >= 11 is 1.35. The van der Waals surface area contributed by atoms with Crippen molar-refractivity contribution < 1.29 is 9.18 Å². The summed E-state index contributed by atoms with van der Waals surface area (Å²) in [5.41, 5.74) is 1.59. The van der Waals surface area contributed by atoms with E-state index in [0.29, 0.717) is 30.2 Å². The average Bonchev–Trinajstić information content (AvgIpc) is 3.11. The Balaban J connectivity index is 1.53. The number of aromatic nitrogens is 3. The van der Waals surface area contributed by atoms with E-state index in [2.05, 4.69) is 15.5 Å². The maximum Gasteiger partial charge on any atom is 0.230 e. The molecular weight excluding hydrogens is 363 g/mol. The molecule has 0 aliphatic heterocycles. The van der Waals surface area contributed by atoms with Crippen LogP contribution < -0.4 is 5.32 Å². The van der Waals surface area contributed by atoms with Gasteiger partial charge in [-0.25, -0.2) is 4.39 Å². The summed E-state index contributed by atoms with van der Waals surface area (Å²) in [5, 5.41) is 12.0. The summed E-state index contributed by atoms with van der Waals surface area (Å²) in [6, 6.07) is 16.4. The lowest BCUT2D eigenvalue weighted by molar-refractivity contribution is -0.118. The highest BCUT2D eigenvalue weighted by molar-refractivity contribution is 7.99. The molecule has 0 saturated heterocycles. The van der Waals surface area contributed by atoms with Crippen LogP contribution in [0.2, 0.25) is 0 Å². The second kappa shape index (κ2) is 9.32. The molecule has 1 aromatic heterocycles. The number of carbonyl (C=O) groups excluding carboxylic acids is 1. The molecule has 2 aromatic carbocycles. The molecule has 0 aliphatic rings. The van der Waals surface area contributed by atoms with Gasteiger partial charge in [0.2, 0.25) is 5.91 Å². The minimum atomic E-state index is -0.245. The quantitative estimate of drug-likeness (QED) is 0.604. The summed E-state index contributed by atoms with van der Waals surface area (Å²) < 4.78 is 15.6. The lowest BCUT2D eigenvalue weighted by atomic mass is 10.1. The highest BCUT2D eigenvalue weighted by Gasteiger charge is 2.14. The minimum absolute atomic E-state index is 0.108. The summed E-state index contributed by atoms with van der Waals surface area (Å²) in [7, 11) is 0. The Morgan fingerprint density at radius 2 is 1.85 bits per heavy atom. The predicted octanol–water partition coefficient (Wildman–Crippen LogP) is 3.56. The van der Waals surface area contributed by atoms with Crippen LogP contribution in [0.3, 0.4) is 0 Å². The Morgan fingerprint density at radius 1 is 1.11 bits per heavy atom. The van der Waals surface area contributed by atoms with Crippen molar-refractivity contribution in [3.63, 3.8) is 0 Å². The molecule has 1 amide bonds. The van der Waals surface area contributed by atoms with Gasteiger partial charge >= 0.3 is 0 Å². The minimum Gasteiger partial charge on any atom is -0.355 e. The third kappa shape index (κ3) is 4.95. The molecule has 0 spiro atoms. The largest absolute Gasteiger partial charge is 0.355 e. The Hall–Kier alpha value is -2.67. The van der Waals surface area contributed by atoms with E-state index < -0.39 is 0 Å². The zero-order valence-electron chi connectivity index (χ0n) is 15.1. The number of nitrogens with zero attached hydrogens (tertiary/aromatic N) is 3. The molecule has 1 heterocycles. The number of rotatable bonds is 8. The number of hydrogen-bond donors (Lipinski definition) is 1. The molecule has 7 heteroatoms. The third-order valence-electron chi connectivity index (χ3n) is 4.07. The van der Waals surface area contributed by atoms with Crippen LogP contribution in [0.5, 0.6) is 0 Å². The summed E-state index contributed by atoms with van der Waals surface area (Å²) in [5.74, 6) is 0.680. The number of benzene rings is 2. The van der Waals surface area contributed by atoms with Gasteiger partial charge in [-0.2, -0.15) is 0 Å². The van der Waals surface area contributed by atoms with Gasteiger partial charge in [-0.05, 0) is 25.0 Å². The van der Waals surface area contributed by atoms with E-state index in [1.807, 2.05) is 41.8 Å². The van der Waals surface area contributed by atoms with Gasteiger partial charge in [0.15, 0.2) is 11.0 Å². The van der Waals surface area contributed by atoms with Crippen LogP contribution in [-0.4, -0.2) is 33.0 Å². The maximum absolute atomic E-state index is 13.6. The standard InChI is InChI=1S/C20H21FN4OS/c1-2-25-19(16-9-4-3-5-10-16)23-24-20(25)27-14-18(26)22-13-12-15-8-6-7-11-17(15)21/h3-11H,2,12-14H2,1H3,(H,22,26). The molecule has 140 valence electrons. The fourth-order valence-corrected chi connectivity index (χ4v) is 3.53. The van der Waals surface area contributed by atoms with Crippen LogP contribution in [0.1, 0.15) is 12.5 Å². The lowest BCUT2D eigenvalue weighted by Gasteiger charge is -2.08. The fraction of sp³-hybridized carbons (Fsp3) is 0.250. The Bertz CT molecular complexity index is 898. The highest BCUT2D eigenvalue weighted by atomic mass is 32.2. The Morgan fingerprint density at radius 3 is 2.59 bits per heavy atom. The third-order valence-corrected chi connectivity index (χ3v) is 5.04. The monoisotopic (exact) mass is 384 g/mol. The first-order chi connectivity index (χ1) is 13.2. The number of thioether (sulfide) groups is 1. The average molecular weight is 384 g/mol. The van der Waals surface area contributed by atoms with Gasteiger partial charge in [0, 0.05) is 18.7 Å². The zero-order chi connectivity index (χ0) is 19.1. The van der Waals surface area contributed by atoms with E-state index in [1.54, 1.807) is 18.2 Å². The van der Waals surface area contributed by atoms with Gasteiger partial charge in [0.05, 0.1) is 5.75 Å². The smallest absolute Gasteiger partial charge is 0.230 e.